The van der Waals surface area contributed by atoms with Gasteiger partial charge in [-0.1, -0.05) is 6.07 Å². The van der Waals surface area contributed by atoms with Crippen LogP contribution < -0.4 is 5.73 Å². The third-order valence-corrected chi connectivity index (χ3v) is 3.47. The van der Waals surface area contributed by atoms with Gasteiger partial charge in [-0.3, -0.25) is 19.7 Å². The maximum absolute atomic E-state index is 12.5. The van der Waals surface area contributed by atoms with E-state index in [1.807, 2.05) is 0 Å². The average Bonchev–Trinajstić information content (AvgIpc) is 2.60. The van der Waals surface area contributed by atoms with Gasteiger partial charge in [0.25, 0.3) is 11.6 Å². The molecule has 0 aliphatic carbocycles. The molecule has 1 saturated heterocycles. The standard InChI is InChI=1S/C13H16N4O4/c1-15-6-3-7-16(8-11(15)18)13(19)9-4-2-5-10(12(9)14)17(20)21/h2,4-5H,3,6-8,14H2,1H3. The van der Waals surface area contributed by atoms with Crippen molar-refractivity contribution in [2.24, 2.45) is 0 Å². The third-order valence-electron chi connectivity index (χ3n) is 3.47. The highest BCUT2D eigenvalue weighted by Crippen LogP contribution is 2.26. The molecule has 0 radical (unpaired) electrons. The van der Waals surface area contributed by atoms with Crippen LogP contribution in [0.4, 0.5) is 11.4 Å². The fraction of sp³-hybridized carbons (Fsp3) is 0.385. The van der Waals surface area contributed by atoms with E-state index in [0.29, 0.717) is 19.5 Å². The van der Waals surface area contributed by atoms with Gasteiger partial charge in [0.1, 0.15) is 12.2 Å². The van der Waals surface area contributed by atoms with Crippen LogP contribution in [0.2, 0.25) is 0 Å². The van der Waals surface area contributed by atoms with Gasteiger partial charge in [-0.05, 0) is 12.5 Å². The van der Waals surface area contributed by atoms with Crippen molar-refractivity contribution >= 4 is 23.2 Å². The van der Waals surface area contributed by atoms with Crippen LogP contribution in [-0.2, 0) is 4.79 Å². The molecule has 0 spiro atoms. The Hall–Kier alpha value is -2.64. The van der Waals surface area contributed by atoms with Gasteiger partial charge in [0.05, 0.1) is 10.5 Å². The van der Waals surface area contributed by atoms with E-state index in [2.05, 4.69) is 0 Å². The van der Waals surface area contributed by atoms with E-state index >= 15 is 0 Å². The van der Waals surface area contributed by atoms with E-state index in [9.17, 15) is 19.7 Å². The number of para-hydroxylation sites is 1. The van der Waals surface area contributed by atoms with Gasteiger partial charge in [0.15, 0.2) is 0 Å². The van der Waals surface area contributed by atoms with Crippen LogP contribution in [0.3, 0.4) is 0 Å². The monoisotopic (exact) mass is 292 g/mol. The minimum absolute atomic E-state index is 0.0442. The molecule has 21 heavy (non-hydrogen) atoms. The fourth-order valence-electron chi connectivity index (χ4n) is 2.23. The van der Waals surface area contributed by atoms with E-state index in [1.165, 1.54) is 23.1 Å². The maximum atomic E-state index is 12.5. The largest absolute Gasteiger partial charge is 0.393 e. The third kappa shape index (κ3) is 2.93. The van der Waals surface area contributed by atoms with Crippen molar-refractivity contribution < 1.29 is 14.5 Å². The maximum Gasteiger partial charge on any atom is 0.292 e. The Labute approximate surface area is 121 Å². The van der Waals surface area contributed by atoms with Crippen molar-refractivity contribution in [2.75, 3.05) is 32.4 Å². The lowest BCUT2D eigenvalue weighted by atomic mass is 10.1. The van der Waals surface area contributed by atoms with Gasteiger partial charge in [-0.25, -0.2) is 0 Å². The number of hydrogen-bond donors (Lipinski definition) is 1. The summed E-state index contributed by atoms with van der Waals surface area (Å²) in [4.78, 5) is 37.4. The summed E-state index contributed by atoms with van der Waals surface area (Å²) >= 11 is 0. The van der Waals surface area contributed by atoms with E-state index in [-0.39, 0.29) is 29.4 Å². The second-order valence-corrected chi connectivity index (χ2v) is 4.89. The highest BCUT2D eigenvalue weighted by Gasteiger charge is 2.27. The predicted molar refractivity (Wildman–Crippen MR) is 75.7 cm³/mol. The lowest BCUT2D eigenvalue weighted by Gasteiger charge is -2.20. The first-order chi connectivity index (χ1) is 9.91. The first-order valence-electron chi connectivity index (χ1n) is 6.48. The van der Waals surface area contributed by atoms with Gasteiger partial charge < -0.3 is 15.5 Å². The molecule has 1 aliphatic heterocycles. The molecule has 8 heteroatoms. The first-order valence-corrected chi connectivity index (χ1v) is 6.48. The number of nitrogens with two attached hydrogens (primary N) is 1. The second-order valence-electron chi connectivity index (χ2n) is 4.89. The van der Waals surface area contributed by atoms with Gasteiger partial charge in [0.2, 0.25) is 5.91 Å². The molecule has 2 amide bonds. The van der Waals surface area contributed by atoms with Crippen molar-refractivity contribution in [3.8, 4) is 0 Å². The zero-order chi connectivity index (χ0) is 15.6. The first kappa shape index (κ1) is 14.8. The van der Waals surface area contributed by atoms with Crippen LogP contribution in [0.5, 0.6) is 0 Å². The Morgan fingerprint density at radius 2 is 2.10 bits per heavy atom. The molecule has 1 aliphatic rings. The molecule has 1 fully saturated rings. The summed E-state index contributed by atoms with van der Waals surface area (Å²) in [5.41, 5.74) is 5.29. The number of nitro groups is 1. The van der Waals surface area contributed by atoms with Crippen molar-refractivity contribution in [3.05, 3.63) is 33.9 Å². The fourth-order valence-corrected chi connectivity index (χ4v) is 2.23. The van der Waals surface area contributed by atoms with Gasteiger partial charge in [-0.2, -0.15) is 0 Å². The molecule has 1 aromatic carbocycles. The number of nitrogen functional groups attached to an aromatic ring is 1. The van der Waals surface area contributed by atoms with Crippen molar-refractivity contribution in [1.29, 1.82) is 0 Å². The molecule has 0 bridgehead atoms. The number of nitro benzene ring substituents is 1. The number of anilines is 1. The van der Waals surface area contributed by atoms with Gasteiger partial charge in [-0.15, -0.1) is 0 Å². The number of hydrogen-bond acceptors (Lipinski definition) is 5. The molecule has 0 unspecified atom stereocenters. The number of carbonyl (C=O) groups excluding carboxylic acids is 2. The zero-order valence-electron chi connectivity index (χ0n) is 11.6. The summed E-state index contributed by atoms with van der Waals surface area (Å²) in [5.74, 6) is -0.621. The van der Waals surface area contributed by atoms with Crippen molar-refractivity contribution in [1.82, 2.24) is 9.80 Å². The van der Waals surface area contributed by atoms with E-state index in [1.54, 1.807) is 11.9 Å². The van der Waals surface area contributed by atoms with E-state index < -0.39 is 10.8 Å². The van der Waals surface area contributed by atoms with Crippen molar-refractivity contribution in [2.45, 2.75) is 6.42 Å². The summed E-state index contributed by atoms with van der Waals surface area (Å²) < 4.78 is 0. The number of likely N-dealkylation sites (N-methyl/N-ethyl adjacent to an activating group) is 1. The number of benzene rings is 1. The summed E-state index contributed by atoms with van der Waals surface area (Å²) in [6.07, 6.45) is 0.656. The van der Waals surface area contributed by atoms with Gasteiger partial charge in [0, 0.05) is 26.2 Å². The Balaban J connectivity index is 2.30. The molecule has 1 aromatic rings. The average molecular weight is 292 g/mol. The number of nitrogens with zero attached hydrogens (tertiary/aromatic N) is 3. The molecule has 0 atom stereocenters. The molecular weight excluding hydrogens is 276 g/mol. The van der Waals surface area contributed by atoms with Crippen LogP contribution in [0, 0.1) is 10.1 Å². The predicted octanol–water partition coefficient (Wildman–Crippen LogP) is 0.481. The Bertz CT molecular complexity index is 602. The zero-order valence-corrected chi connectivity index (χ0v) is 11.6. The van der Waals surface area contributed by atoms with Crippen LogP contribution >= 0.6 is 0 Å². The van der Waals surface area contributed by atoms with Crippen molar-refractivity contribution in [3.63, 3.8) is 0 Å². The Morgan fingerprint density at radius 3 is 2.76 bits per heavy atom. The lowest BCUT2D eigenvalue weighted by Crippen LogP contribution is -2.38. The Kier molecular flexibility index (Phi) is 4.06. The highest BCUT2D eigenvalue weighted by molar-refractivity contribution is 6.02. The van der Waals surface area contributed by atoms with Crippen LogP contribution in [0.1, 0.15) is 16.8 Å². The van der Waals surface area contributed by atoms with E-state index in [0.717, 1.165) is 0 Å². The van der Waals surface area contributed by atoms with E-state index in [4.69, 9.17) is 5.73 Å². The molecule has 0 aromatic heterocycles. The quantitative estimate of drug-likeness (QED) is 0.484. The molecule has 0 saturated carbocycles. The minimum Gasteiger partial charge on any atom is -0.393 e. The normalized spacial score (nSPS) is 15.8. The van der Waals surface area contributed by atoms with Crippen LogP contribution in [-0.4, -0.2) is 53.2 Å². The molecule has 112 valence electrons. The minimum atomic E-state index is -0.631. The second kappa shape index (κ2) is 5.78. The smallest absolute Gasteiger partial charge is 0.292 e. The summed E-state index contributed by atoms with van der Waals surface area (Å²) in [7, 11) is 1.68. The highest BCUT2D eigenvalue weighted by atomic mass is 16.6. The van der Waals surface area contributed by atoms with Gasteiger partial charge >= 0.3 is 0 Å². The number of carbonyl (C=O) groups is 2. The molecule has 2 rings (SSSR count). The summed E-state index contributed by atoms with van der Waals surface area (Å²) in [6.45, 7) is 0.946. The molecule has 8 nitrogen and oxygen atoms in total. The molecular formula is C13H16N4O4. The van der Waals surface area contributed by atoms with Crippen LogP contribution in [0.25, 0.3) is 0 Å². The SMILES string of the molecule is CN1CCCN(C(=O)c2cccc([N+](=O)[O-])c2N)CC1=O. The topological polar surface area (TPSA) is 110 Å². The lowest BCUT2D eigenvalue weighted by molar-refractivity contribution is -0.383. The number of rotatable bonds is 2. The molecule has 2 N–H and O–H groups in total. The Morgan fingerprint density at radius 1 is 1.38 bits per heavy atom. The number of amides is 2. The molecule has 1 heterocycles. The van der Waals surface area contributed by atoms with Crippen LogP contribution in [0.15, 0.2) is 18.2 Å². The summed E-state index contributed by atoms with van der Waals surface area (Å²) in [5, 5.41) is 10.9. The summed E-state index contributed by atoms with van der Waals surface area (Å²) in [6, 6.07) is 4.09.